The first-order valence-electron chi connectivity index (χ1n) is 6.16. The zero-order valence-corrected chi connectivity index (χ0v) is 14.2. The van der Waals surface area contributed by atoms with Gasteiger partial charge < -0.3 is 0 Å². The molecule has 2 heterocycles. The van der Waals surface area contributed by atoms with Crippen LogP contribution in [0.4, 0.5) is 0 Å². The Balaban J connectivity index is 0.000000206. The predicted octanol–water partition coefficient (Wildman–Crippen LogP) is 4.01. The zero-order valence-electron chi connectivity index (χ0n) is 11.8. The summed E-state index contributed by atoms with van der Waals surface area (Å²) >= 11 is 8.82. The zero-order chi connectivity index (χ0) is 16.4. The Labute approximate surface area is 141 Å². The summed E-state index contributed by atoms with van der Waals surface area (Å²) < 4.78 is 1.06. The third kappa shape index (κ3) is 5.32. The molecule has 7 heteroatoms. The maximum atomic E-state index is 10.5. The van der Waals surface area contributed by atoms with Crippen LogP contribution in [0.15, 0.2) is 41.8 Å². The number of halogens is 1. The summed E-state index contributed by atoms with van der Waals surface area (Å²) in [6.45, 7) is 0. The number of carbonyl (C=O) groups is 2. The summed E-state index contributed by atoms with van der Waals surface area (Å²) in [6.07, 6.45) is 1.65. The van der Waals surface area contributed by atoms with Crippen molar-refractivity contribution in [1.82, 2.24) is 5.43 Å². The SMILES string of the molecule is CNN.O=Cc1cccs1.O=Cc1sc2ccccc2c1Cl. The van der Waals surface area contributed by atoms with Crippen LogP contribution in [-0.4, -0.2) is 19.6 Å². The Morgan fingerprint density at radius 3 is 2.27 bits per heavy atom. The molecule has 0 amide bonds. The van der Waals surface area contributed by atoms with Crippen LogP contribution in [0.25, 0.3) is 10.1 Å². The van der Waals surface area contributed by atoms with Crippen LogP contribution in [0.3, 0.4) is 0 Å². The van der Waals surface area contributed by atoms with E-state index < -0.39 is 0 Å². The van der Waals surface area contributed by atoms with Gasteiger partial charge in [-0.2, -0.15) is 0 Å². The molecular formula is C15H15ClN2O2S2. The van der Waals surface area contributed by atoms with Gasteiger partial charge in [-0.25, -0.2) is 0 Å². The van der Waals surface area contributed by atoms with E-state index in [-0.39, 0.29) is 0 Å². The average molecular weight is 355 g/mol. The number of benzene rings is 1. The molecule has 0 saturated heterocycles. The molecule has 0 unspecified atom stereocenters. The number of thiophene rings is 2. The lowest BCUT2D eigenvalue weighted by Crippen LogP contribution is -2.13. The van der Waals surface area contributed by atoms with Gasteiger partial charge in [0.05, 0.1) is 14.8 Å². The molecule has 0 atom stereocenters. The van der Waals surface area contributed by atoms with E-state index in [9.17, 15) is 9.59 Å². The van der Waals surface area contributed by atoms with Gasteiger partial charge in [-0.05, 0) is 24.6 Å². The van der Waals surface area contributed by atoms with Gasteiger partial charge in [0.25, 0.3) is 0 Å². The molecule has 0 aliphatic carbocycles. The lowest BCUT2D eigenvalue weighted by atomic mass is 10.2. The van der Waals surface area contributed by atoms with E-state index in [0.717, 1.165) is 27.5 Å². The number of fused-ring (bicyclic) bond motifs is 1. The number of rotatable bonds is 2. The van der Waals surface area contributed by atoms with E-state index in [0.29, 0.717) is 9.90 Å². The topological polar surface area (TPSA) is 72.2 Å². The quantitative estimate of drug-likeness (QED) is 0.414. The minimum atomic E-state index is 0.575. The normalized spacial score (nSPS) is 9.23. The van der Waals surface area contributed by atoms with Gasteiger partial charge >= 0.3 is 0 Å². The number of nitrogens with one attached hydrogen (secondary N) is 1. The first-order valence-corrected chi connectivity index (χ1v) is 8.23. The lowest BCUT2D eigenvalue weighted by molar-refractivity contribution is 0.111. The van der Waals surface area contributed by atoms with Crippen LogP contribution in [-0.2, 0) is 0 Å². The summed E-state index contributed by atoms with van der Waals surface area (Å²) in [5.41, 5.74) is 2.25. The summed E-state index contributed by atoms with van der Waals surface area (Å²) in [4.78, 5) is 21.8. The highest BCUT2D eigenvalue weighted by Crippen LogP contribution is 2.33. The van der Waals surface area contributed by atoms with Crippen molar-refractivity contribution < 1.29 is 9.59 Å². The molecule has 0 fully saturated rings. The maximum absolute atomic E-state index is 10.5. The molecule has 0 saturated carbocycles. The molecule has 3 aromatic rings. The summed E-state index contributed by atoms with van der Waals surface area (Å²) in [5, 5.41) is 3.42. The average Bonchev–Trinajstić information content (AvgIpc) is 3.17. The van der Waals surface area contributed by atoms with Gasteiger partial charge in [0, 0.05) is 10.1 Å². The minimum Gasteiger partial charge on any atom is -0.297 e. The van der Waals surface area contributed by atoms with Gasteiger partial charge in [-0.3, -0.25) is 20.9 Å². The van der Waals surface area contributed by atoms with Crippen molar-refractivity contribution in [3.63, 3.8) is 0 Å². The first kappa shape index (κ1) is 18.5. The Hall–Kier alpha value is -1.57. The van der Waals surface area contributed by atoms with Crippen LogP contribution in [0.2, 0.25) is 5.02 Å². The Kier molecular flexibility index (Phi) is 8.57. The minimum absolute atomic E-state index is 0.575. The molecular weight excluding hydrogens is 340 g/mol. The largest absolute Gasteiger partial charge is 0.297 e. The highest BCUT2D eigenvalue weighted by Gasteiger charge is 2.07. The monoisotopic (exact) mass is 354 g/mol. The molecule has 0 aliphatic rings. The standard InChI is InChI=1S/C9H5ClOS.C5H4OS.CH6N2/c10-9-6-3-1-2-4-7(6)12-8(9)5-11;6-4-5-2-1-3-7-5;1-3-2/h1-5H;1-4H;3H,2H2,1H3. The molecule has 0 radical (unpaired) electrons. The van der Waals surface area contributed by atoms with Gasteiger partial charge in [0.15, 0.2) is 12.6 Å². The fourth-order valence-electron chi connectivity index (χ4n) is 1.47. The number of carbonyl (C=O) groups excluding carboxylic acids is 2. The first-order chi connectivity index (χ1) is 10.7. The number of aldehydes is 2. The van der Waals surface area contributed by atoms with E-state index >= 15 is 0 Å². The van der Waals surface area contributed by atoms with E-state index in [1.807, 2.05) is 35.7 Å². The molecule has 3 rings (SSSR count). The molecule has 116 valence electrons. The molecule has 22 heavy (non-hydrogen) atoms. The van der Waals surface area contributed by atoms with Crippen molar-refractivity contribution in [2.24, 2.45) is 5.84 Å². The van der Waals surface area contributed by atoms with E-state index in [1.165, 1.54) is 22.7 Å². The second kappa shape index (κ2) is 10.2. The molecule has 0 bridgehead atoms. The second-order valence-corrected chi connectivity index (χ2v) is 6.26. The van der Waals surface area contributed by atoms with Gasteiger partial charge in [-0.15, -0.1) is 22.7 Å². The third-order valence-corrected chi connectivity index (χ3v) is 4.74. The van der Waals surface area contributed by atoms with Crippen LogP contribution >= 0.6 is 34.3 Å². The van der Waals surface area contributed by atoms with Crippen LogP contribution in [0.5, 0.6) is 0 Å². The van der Waals surface area contributed by atoms with Gasteiger partial charge in [-0.1, -0.05) is 35.9 Å². The highest BCUT2D eigenvalue weighted by molar-refractivity contribution is 7.21. The van der Waals surface area contributed by atoms with Crippen molar-refractivity contribution in [1.29, 1.82) is 0 Å². The molecule has 2 aromatic heterocycles. The number of nitrogens with two attached hydrogens (primary N) is 1. The Morgan fingerprint density at radius 2 is 1.82 bits per heavy atom. The van der Waals surface area contributed by atoms with Crippen molar-refractivity contribution in [2.75, 3.05) is 7.05 Å². The van der Waals surface area contributed by atoms with E-state index in [4.69, 9.17) is 11.6 Å². The van der Waals surface area contributed by atoms with Crippen LogP contribution < -0.4 is 11.3 Å². The Bertz CT molecular complexity index is 711. The second-order valence-electron chi connectivity index (χ2n) is 3.82. The van der Waals surface area contributed by atoms with Crippen LogP contribution in [0, 0.1) is 0 Å². The number of hydrogen-bond donors (Lipinski definition) is 2. The van der Waals surface area contributed by atoms with Crippen LogP contribution in [0.1, 0.15) is 19.3 Å². The van der Waals surface area contributed by atoms with Gasteiger partial charge in [0.1, 0.15) is 0 Å². The highest BCUT2D eigenvalue weighted by atomic mass is 35.5. The lowest BCUT2D eigenvalue weighted by Gasteiger charge is -1.86. The summed E-state index contributed by atoms with van der Waals surface area (Å²) in [6, 6.07) is 11.4. The summed E-state index contributed by atoms with van der Waals surface area (Å²) in [5.74, 6) is 4.60. The van der Waals surface area contributed by atoms with E-state index in [2.05, 4.69) is 11.3 Å². The molecule has 3 N–H and O–H groups in total. The Morgan fingerprint density at radius 1 is 1.14 bits per heavy atom. The number of hydrogen-bond acceptors (Lipinski definition) is 6. The summed E-state index contributed by atoms with van der Waals surface area (Å²) in [7, 11) is 1.65. The fraction of sp³-hybridized carbons (Fsp3) is 0.0667. The fourth-order valence-corrected chi connectivity index (χ4v) is 3.29. The molecule has 1 aromatic carbocycles. The molecule has 0 spiro atoms. The van der Waals surface area contributed by atoms with Crippen molar-refractivity contribution >= 4 is 56.9 Å². The van der Waals surface area contributed by atoms with Crippen molar-refractivity contribution in [3.05, 3.63) is 56.6 Å². The van der Waals surface area contributed by atoms with E-state index in [1.54, 1.807) is 13.1 Å². The van der Waals surface area contributed by atoms with Crippen molar-refractivity contribution in [3.8, 4) is 0 Å². The smallest absolute Gasteiger partial charge is 0.161 e. The van der Waals surface area contributed by atoms with Gasteiger partial charge in [0.2, 0.25) is 0 Å². The number of hydrazine groups is 1. The predicted molar refractivity (Wildman–Crippen MR) is 95.2 cm³/mol. The molecule has 0 aliphatic heterocycles. The molecule has 4 nitrogen and oxygen atoms in total. The maximum Gasteiger partial charge on any atom is 0.161 e. The third-order valence-electron chi connectivity index (χ3n) is 2.33. The van der Waals surface area contributed by atoms with Crippen molar-refractivity contribution in [2.45, 2.75) is 0 Å².